The zero-order valence-electron chi connectivity index (χ0n) is 11.5. The first kappa shape index (κ1) is 14.2. The van der Waals surface area contributed by atoms with Gasteiger partial charge in [0, 0.05) is 18.0 Å². The van der Waals surface area contributed by atoms with Crippen molar-refractivity contribution in [2.75, 3.05) is 11.9 Å². The highest BCUT2D eigenvalue weighted by molar-refractivity contribution is 8.00. The Morgan fingerprint density at radius 3 is 2.68 bits per heavy atom. The second-order valence-corrected chi connectivity index (χ2v) is 7.05. The van der Waals surface area contributed by atoms with Crippen LogP contribution in [0.15, 0.2) is 21.8 Å². The summed E-state index contributed by atoms with van der Waals surface area (Å²) in [6.07, 6.45) is 1.56. The van der Waals surface area contributed by atoms with Crippen molar-refractivity contribution in [1.82, 2.24) is 19.3 Å². The van der Waals surface area contributed by atoms with Gasteiger partial charge in [0.25, 0.3) is 0 Å². The zero-order chi connectivity index (χ0) is 13.9. The maximum Gasteiger partial charge on any atom is 0.175 e. The lowest BCUT2D eigenvalue weighted by Crippen LogP contribution is -2.17. The molecule has 7 heteroatoms. The maximum absolute atomic E-state index is 4.61. The molecule has 0 aliphatic carbocycles. The fourth-order valence-corrected chi connectivity index (χ4v) is 2.78. The molecule has 2 aromatic heterocycles. The summed E-state index contributed by atoms with van der Waals surface area (Å²) in [6, 6.07) is 1.95. The Morgan fingerprint density at radius 1 is 1.32 bits per heavy atom. The Labute approximate surface area is 121 Å². The van der Waals surface area contributed by atoms with E-state index in [1.807, 2.05) is 6.07 Å². The lowest BCUT2D eigenvalue weighted by atomic mass is 9.96. The van der Waals surface area contributed by atoms with Crippen LogP contribution < -0.4 is 5.32 Å². The molecule has 0 aliphatic heterocycles. The topological polar surface area (TPSA) is 63.6 Å². The first-order valence-electron chi connectivity index (χ1n) is 6.07. The summed E-state index contributed by atoms with van der Waals surface area (Å²) in [4.78, 5) is 13.3. The van der Waals surface area contributed by atoms with Crippen molar-refractivity contribution in [2.45, 2.75) is 42.5 Å². The van der Waals surface area contributed by atoms with Crippen molar-refractivity contribution in [3.63, 3.8) is 0 Å². The highest BCUT2D eigenvalue weighted by Crippen LogP contribution is 2.30. The first-order valence-corrected chi connectivity index (χ1v) is 7.66. The van der Waals surface area contributed by atoms with Gasteiger partial charge in [0.1, 0.15) is 23.0 Å². The predicted molar refractivity (Wildman–Crippen MR) is 78.9 cm³/mol. The van der Waals surface area contributed by atoms with E-state index in [4.69, 9.17) is 0 Å². The molecular weight excluding hydrogens is 278 g/mol. The number of hydrogen-bond acceptors (Lipinski definition) is 7. The second kappa shape index (κ2) is 5.83. The van der Waals surface area contributed by atoms with E-state index >= 15 is 0 Å². The van der Waals surface area contributed by atoms with Crippen LogP contribution in [0.2, 0.25) is 0 Å². The van der Waals surface area contributed by atoms with Gasteiger partial charge in [-0.1, -0.05) is 20.8 Å². The molecule has 102 valence electrons. The molecule has 0 amide bonds. The van der Waals surface area contributed by atoms with E-state index < -0.39 is 0 Å². The van der Waals surface area contributed by atoms with E-state index in [0.717, 1.165) is 27.6 Å². The third-order valence-corrected chi connectivity index (χ3v) is 3.90. The highest BCUT2D eigenvalue weighted by atomic mass is 32.2. The van der Waals surface area contributed by atoms with E-state index in [1.54, 1.807) is 6.33 Å². The Balaban J connectivity index is 2.34. The molecule has 0 aliphatic rings. The van der Waals surface area contributed by atoms with Gasteiger partial charge < -0.3 is 5.32 Å². The third kappa shape index (κ3) is 3.87. The van der Waals surface area contributed by atoms with Crippen LogP contribution in [-0.2, 0) is 5.41 Å². The molecular formula is C12H17N5S2. The average Bonchev–Trinajstić information content (AvgIpc) is 2.81. The normalized spacial score (nSPS) is 11.6. The fourth-order valence-electron chi connectivity index (χ4n) is 1.38. The number of nitrogens with zero attached hydrogens (tertiary/aromatic N) is 4. The smallest absolute Gasteiger partial charge is 0.175 e. The molecule has 5 nitrogen and oxygen atoms in total. The van der Waals surface area contributed by atoms with Gasteiger partial charge in [0.05, 0.1) is 0 Å². The van der Waals surface area contributed by atoms with E-state index in [-0.39, 0.29) is 5.41 Å². The fraction of sp³-hybridized carbons (Fsp3) is 0.500. The molecule has 0 bridgehead atoms. The zero-order valence-corrected chi connectivity index (χ0v) is 13.1. The van der Waals surface area contributed by atoms with E-state index in [0.29, 0.717) is 0 Å². The van der Waals surface area contributed by atoms with Gasteiger partial charge in [-0.15, -0.1) is 0 Å². The van der Waals surface area contributed by atoms with Gasteiger partial charge in [-0.3, -0.25) is 0 Å². The molecule has 19 heavy (non-hydrogen) atoms. The van der Waals surface area contributed by atoms with Gasteiger partial charge >= 0.3 is 0 Å². The Hall–Kier alpha value is -1.21. The Morgan fingerprint density at radius 2 is 2.11 bits per heavy atom. The van der Waals surface area contributed by atoms with Crippen LogP contribution in [0.4, 0.5) is 5.82 Å². The molecule has 0 spiro atoms. The SMILES string of the molecule is CCNc1cc(Sc2ncns2)nc(C(C)(C)C)n1. The summed E-state index contributed by atoms with van der Waals surface area (Å²) in [5, 5.41) is 4.14. The van der Waals surface area contributed by atoms with Crippen molar-refractivity contribution in [3.05, 3.63) is 18.2 Å². The van der Waals surface area contributed by atoms with Gasteiger partial charge in [0.15, 0.2) is 4.34 Å². The highest BCUT2D eigenvalue weighted by Gasteiger charge is 2.19. The summed E-state index contributed by atoms with van der Waals surface area (Å²) in [7, 11) is 0. The number of rotatable bonds is 4. The lowest BCUT2D eigenvalue weighted by Gasteiger charge is -2.18. The van der Waals surface area contributed by atoms with Gasteiger partial charge in [-0.25, -0.2) is 15.0 Å². The molecule has 0 saturated carbocycles. The number of aromatic nitrogens is 4. The van der Waals surface area contributed by atoms with Crippen LogP contribution in [0, 0.1) is 0 Å². The molecule has 2 aromatic rings. The number of nitrogens with one attached hydrogen (secondary N) is 1. The minimum Gasteiger partial charge on any atom is -0.370 e. The predicted octanol–water partition coefficient (Wildman–Crippen LogP) is 3.21. The quantitative estimate of drug-likeness (QED) is 0.874. The van der Waals surface area contributed by atoms with Crippen LogP contribution >= 0.6 is 23.3 Å². The number of hydrogen-bond donors (Lipinski definition) is 1. The van der Waals surface area contributed by atoms with Gasteiger partial charge in [-0.2, -0.15) is 4.37 Å². The lowest BCUT2D eigenvalue weighted by molar-refractivity contribution is 0.539. The summed E-state index contributed by atoms with van der Waals surface area (Å²) < 4.78 is 4.89. The molecule has 0 saturated heterocycles. The van der Waals surface area contributed by atoms with Crippen molar-refractivity contribution in [2.24, 2.45) is 0 Å². The average molecular weight is 295 g/mol. The molecule has 2 rings (SSSR count). The minimum absolute atomic E-state index is 0.0815. The van der Waals surface area contributed by atoms with E-state index in [1.165, 1.54) is 23.3 Å². The van der Waals surface area contributed by atoms with Crippen LogP contribution in [0.5, 0.6) is 0 Å². The summed E-state index contributed by atoms with van der Waals surface area (Å²) in [5.74, 6) is 1.69. The Bertz CT molecular complexity index is 534. The monoisotopic (exact) mass is 295 g/mol. The van der Waals surface area contributed by atoms with Crippen LogP contribution in [0.1, 0.15) is 33.5 Å². The van der Waals surface area contributed by atoms with Gasteiger partial charge in [0.2, 0.25) is 0 Å². The van der Waals surface area contributed by atoms with Crippen molar-refractivity contribution in [3.8, 4) is 0 Å². The van der Waals surface area contributed by atoms with Gasteiger partial charge in [-0.05, 0) is 30.2 Å². The Kier molecular flexibility index (Phi) is 4.36. The van der Waals surface area contributed by atoms with E-state index in [9.17, 15) is 0 Å². The maximum atomic E-state index is 4.61. The number of anilines is 1. The van der Waals surface area contributed by atoms with Crippen molar-refractivity contribution in [1.29, 1.82) is 0 Å². The minimum atomic E-state index is -0.0815. The van der Waals surface area contributed by atoms with E-state index in [2.05, 4.69) is 52.3 Å². The van der Waals surface area contributed by atoms with Crippen LogP contribution in [0.25, 0.3) is 0 Å². The molecule has 2 heterocycles. The largest absolute Gasteiger partial charge is 0.370 e. The molecule has 0 atom stereocenters. The van der Waals surface area contributed by atoms with Crippen molar-refractivity contribution >= 4 is 29.1 Å². The third-order valence-electron chi connectivity index (χ3n) is 2.26. The standard InChI is InChI=1S/C12H17N5S2/c1-5-13-8-6-9(18-11-14-7-15-19-11)17-10(16-8)12(2,3)4/h6-7H,5H2,1-4H3,(H,13,16,17). The first-order chi connectivity index (χ1) is 8.99. The molecule has 1 N–H and O–H groups in total. The van der Waals surface area contributed by atoms with Crippen LogP contribution in [0.3, 0.4) is 0 Å². The van der Waals surface area contributed by atoms with Crippen molar-refractivity contribution < 1.29 is 0 Å². The summed E-state index contributed by atoms with van der Waals surface area (Å²) in [5.41, 5.74) is -0.0815. The summed E-state index contributed by atoms with van der Waals surface area (Å²) >= 11 is 2.89. The molecule has 0 fully saturated rings. The summed E-state index contributed by atoms with van der Waals surface area (Å²) in [6.45, 7) is 9.21. The molecule has 0 radical (unpaired) electrons. The molecule has 0 unspecified atom stereocenters. The second-order valence-electron chi connectivity index (χ2n) is 5.00. The molecule has 0 aromatic carbocycles. The van der Waals surface area contributed by atoms with Crippen LogP contribution in [-0.4, -0.2) is 25.9 Å².